The summed E-state index contributed by atoms with van der Waals surface area (Å²) < 4.78 is 0. The van der Waals surface area contributed by atoms with Crippen LogP contribution in [0.15, 0.2) is 24.3 Å². The lowest BCUT2D eigenvalue weighted by Gasteiger charge is -2.60. The quantitative estimate of drug-likeness (QED) is 0.615. The van der Waals surface area contributed by atoms with Crippen molar-refractivity contribution >= 4 is 17.5 Å². The highest BCUT2D eigenvalue weighted by Crippen LogP contribution is 2.58. The largest absolute Gasteiger partial charge is 0.332 e. The van der Waals surface area contributed by atoms with Gasteiger partial charge in [-0.05, 0) is 86.8 Å². The number of halogens is 1. The van der Waals surface area contributed by atoms with Crippen LogP contribution in [-0.4, -0.2) is 40.4 Å². The monoisotopic (exact) mass is 411 g/mol. The number of carbonyl (C=O) groups is 1. The molecule has 0 N–H and O–H groups in total. The highest BCUT2D eigenvalue weighted by atomic mass is 35.5. The van der Waals surface area contributed by atoms with Gasteiger partial charge in [0, 0.05) is 23.1 Å². The van der Waals surface area contributed by atoms with Crippen LogP contribution in [0.5, 0.6) is 0 Å². The van der Waals surface area contributed by atoms with Gasteiger partial charge in [0.2, 0.25) is 5.91 Å². The number of nitriles is 1. The summed E-state index contributed by atoms with van der Waals surface area (Å²) in [5.74, 6) is 2.59. The molecule has 154 valence electrons. The maximum atomic E-state index is 13.7. The topological polar surface area (TPSA) is 47.3 Å². The maximum absolute atomic E-state index is 13.7. The summed E-state index contributed by atoms with van der Waals surface area (Å²) >= 11 is 6.09. The van der Waals surface area contributed by atoms with Crippen molar-refractivity contribution in [1.82, 2.24) is 9.80 Å². The Labute approximate surface area is 178 Å². The van der Waals surface area contributed by atoms with Crippen molar-refractivity contribution < 1.29 is 4.79 Å². The zero-order valence-corrected chi connectivity index (χ0v) is 17.8. The summed E-state index contributed by atoms with van der Waals surface area (Å²) in [6.45, 7) is 1.40. The van der Waals surface area contributed by atoms with Crippen molar-refractivity contribution in [2.24, 2.45) is 17.8 Å². The molecule has 0 atom stereocenters. The second kappa shape index (κ2) is 7.60. The molecule has 5 saturated carbocycles. The average Bonchev–Trinajstić information content (AvgIpc) is 3.51. The van der Waals surface area contributed by atoms with Crippen molar-refractivity contribution in [2.75, 3.05) is 13.1 Å². The molecule has 0 unspecified atom stereocenters. The first-order valence-electron chi connectivity index (χ1n) is 11.2. The van der Waals surface area contributed by atoms with E-state index in [9.17, 15) is 10.1 Å². The van der Waals surface area contributed by atoms with Crippen molar-refractivity contribution in [1.29, 1.82) is 5.26 Å². The van der Waals surface area contributed by atoms with Gasteiger partial charge in [0.15, 0.2) is 0 Å². The fourth-order valence-electron chi connectivity index (χ4n) is 6.79. The van der Waals surface area contributed by atoms with E-state index < -0.39 is 0 Å². The Morgan fingerprint density at radius 2 is 1.66 bits per heavy atom. The molecule has 6 rings (SSSR count). The Balaban J connectivity index is 1.42. The Morgan fingerprint density at radius 3 is 2.17 bits per heavy atom. The Bertz CT molecular complexity index is 775. The summed E-state index contributed by atoms with van der Waals surface area (Å²) in [4.78, 5) is 18.0. The summed E-state index contributed by atoms with van der Waals surface area (Å²) in [6.07, 6.45) is 9.83. The second-order valence-electron chi connectivity index (χ2n) is 10.0. The van der Waals surface area contributed by atoms with Gasteiger partial charge < -0.3 is 4.90 Å². The van der Waals surface area contributed by atoms with Crippen LogP contribution in [0.4, 0.5) is 0 Å². The van der Waals surface area contributed by atoms with Gasteiger partial charge in [-0.15, -0.1) is 0 Å². The number of hydrogen-bond donors (Lipinski definition) is 0. The SMILES string of the molecule is N#CCN(CC(=O)N(Cc1ccc(Cl)cc1)C12CC3CC(CC(C3)C1)C2)C1CC1. The number of amides is 1. The molecule has 5 aliphatic carbocycles. The number of nitrogens with zero attached hydrogens (tertiary/aromatic N) is 3. The standard InChI is InChI=1S/C24H30ClN3O/c25-21-3-1-17(2-4-21)15-28(23(29)16-27(8-7-26)22-5-6-22)24-12-18-9-19(13-24)11-20(10-18)14-24/h1-4,18-20,22H,5-6,8-16H2. The molecule has 5 fully saturated rings. The van der Waals surface area contributed by atoms with E-state index in [2.05, 4.69) is 28.0 Å². The molecule has 1 aromatic rings. The molecule has 1 amide bonds. The first kappa shape index (κ1) is 19.4. The van der Waals surface area contributed by atoms with E-state index in [1.807, 2.05) is 12.1 Å². The Kier molecular flexibility index (Phi) is 5.08. The summed E-state index contributed by atoms with van der Waals surface area (Å²) in [6, 6.07) is 10.6. The molecular weight excluding hydrogens is 382 g/mol. The van der Waals surface area contributed by atoms with Gasteiger partial charge in [0.05, 0.1) is 19.2 Å². The smallest absolute Gasteiger partial charge is 0.237 e. The zero-order chi connectivity index (χ0) is 20.0. The minimum absolute atomic E-state index is 0.0212. The lowest BCUT2D eigenvalue weighted by atomic mass is 9.52. The van der Waals surface area contributed by atoms with Gasteiger partial charge in [0.1, 0.15) is 0 Å². The highest BCUT2D eigenvalue weighted by Gasteiger charge is 2.54. The fraction of sp³-hybridized carbons (Fsp3) is 0.667. The van der Waals surface area contributed by atoms with Crippen molar-refractivity contribution in [2.45, 2.75) is 69.5 Å². The normalized spacial score (nSPS) is 32.4. The summed E-state index contributed by atoms with van der Waals surface area (Å²) in [5.41, 5.74) is 1.17. The van der Waals surface area contributed by atoms with Crippen molar-refractivity contribution in [3.05, 3.63) is 34.9 Å². The van der Waals surface area contributed by atoms with Crippen LogP contribution in [0.3, 0.4) is 0 Å². The second-order valence-corrected chi connectivity index (χ2v) is 10.5. The Morgan fingerprint density at radius 1 is 1.07 bits per heavy atom. The minimum Gasteiger partial charge on any atom is -0.332 e. The van der Waals surface area contributed by atoms with E-state index in [0.717, 1.165) is 41.2 Å². The molecule has 5 heteroatoms. The van der Waals surface area contributed by atoms with E-state index in [0.29, 0.717) is 25.7 Å². The number of rotatable bonds is 7. The third kappa shape index (κ3) is 3.92. The number of hydrogen-bond acceptors (Lipinski definition) is 3. The molecule has 4 bridgehead atoms. The van der Waals surface area contributed by atoms with E-state index in [4.69, 9.17) is 11.6 Å². The van der Waals surface area contributed by atoms with Crippen LogP contribution in [0.25, 0.3) is 0 Å². The number of carbonyl (C=O) groups excluding carboxylic acids is 1. The van der Waals surface area contributed by atoms with Gasteiger partial charge in [-0.2, -0.15) is 5.26 Å². The molecule has 0 aromatic heterocycles. The third-order valence-electron chi connectivity index (χ3n) is 7.81. The molecule has 0 saturated heterocycles. The molecule has 29 heavy (non-hydrogen) atoms. The lowest BCUT2D eigenvalue weighted by Crippen LogP contribution is -2.62. The highest BCUT2D eigenvalue weighted by molar-refractivity contribution is 6.30. The summed E-state index contributed by atoms with van der Waals surface area (Å²) in [7, 11) is 0. The van der Waals surface area contributed by atoms with Gasteiger partial charge in [-0.1, -0.05) is 23.7 Å². The van der Waals surface area contributed by atoms with E-state index in [1.54, 1.807) is 0 Å². The molecule has 5 aliphatic rings. The first-order valence-corrected chi connectivity index (χ1v) is 11.6. The van der Waals surface area contributed by atoms with Crippen molar-refractivity contribution in [3.63, 3.8) is 0 Å². The van der Waals surface area contributed by atoms with Gasteiger partial charge >= 0.3 is 0 Å². The van der Waals surface area contributed by atoms with Crippen LogP contribution in [0, 0.1) is 29.1 Å². The third-order valence-corrected chi connectivity index (χ3v) is 8.06. The number of benzene rings is 1. The van der Waals surface area contributed by atoms with Crippen LogP contribution in [-0.2, 0) is 11.3 Å². The predicted octanol–water partition coefficient (Wildman–Crippen LogP) is 4.63. The molecule has 0 spiro atoms. The maximum Gasteiger partial charge on any atom is 0.237 e. The molecule has 0 heterocycles. The predicted molar refractivity (Wildman–Crippen MR) is 113 cm³/mol. The molecule has 0 aliphatic heterocycles. The molecule has 4 nitrogen and oxygen atoms in total. The van der Waals surface area contributed by atoms with E-state index in [1.165, 1.54) is 38.5 Å². The van der Waals surface area contributed by atoms with Crippen LogP contribution >= 0.6 is 11.6 Å². The first-order chi connectivity index (χ1) is 14.0. The van der Waals surface area contributed by atoms with E-state index >= 15 is 0 Å². The lowest BCUT2D eigenvalue weighted by molar-refractivity contribution is -0.153. The minimum atomic E-state index is 0.0212. The molecule has 0 radical (unpaired) electrons. The van der Waals surface area contributed by atoms with E-state index in [-0.39, 0.29) is 11.4 Å². The van der Waals surface area contributed by atoms with Gasteiger partial charge in [-0.3, -0.25) is 9.69 Å². The summed E-state index contributed by atoms with van der Waals surface area (Å²) in [5, 5.41) is 9.96. The molecular formula is C24H30ClN3O. The van der Waals surface area contributed by atoms with Crippen molar-refractivity contribution in [3.8, 4) is 6.07 Å². The van der Waals surface area contributed by atoms with Crippen LogP contribution < -0.4 is 0 Å². The Hall–Kier alpha value is -1.57. The van der Waals surface area contributed by atoms with Crippen LogP contribution in [0.1, 0.15) is 56.9 Å². The van der Waals surface area contributed by atoms with Gasteiger partial charge in [-0.25, -0.2) is 0 Å². The van der Waals surface area contributed by atoms with Crippen LogP contribution in [0.2, 0.25) is 5.02 Å². The average molecular weight is 412 g/mol. The zero-order valence-electron chi connectivity index (χ0n) is 17.0. The molecule has 1 aromatic carbocycles. The van der Waals surface area contributed by atoms with Gasteiger partial charge in [0.25, 0.3) is 0 Å². The fourth-order valence-corrected chi connectivity index (χ4v) is 6.92.